The second-order valence-electron chi connectivity index (χ2n) is 9.80. The first-order valence-corrected chi connectivity index (χ1v) is 11.7. The molecule has 0 saturated heterocycles. The molecule has 1 unspecified atom stereocenters. The van der Waals surface area contributed by atoms with Gasteiger partial charge in [-0.15, -0.1) is 0 Å². The Labute approximate surface area is 208 Å². The Kier molecular flexibility index (Phi) is 6.93. The summed E-state index contributed by atoms with van der Waals surface area (Å²) in [5.74, 6) is -0.686. The molecule has 36 heavy (non-hydrogen) atoms. The average Bonchev–Trinajstić information content (AvgIpc) is 2.84. The smallest absolute Gasteiger partial charge is 0.272 e. The molecule has 0 amide bonds. The monoisotopic (exact) mass is 490 g/mol. The van der Waals surface area contributed by atoms with E-state index in [0.29, 0.717) is 12.2 Å². The molecule has 0 aliphatic heterocycles. The molecule has 4 aromatic carbocycles. The van der Waals surface area contributed by atoms with Crippen LogP contribution in [0.1, 0.15) is 39.2 Å². The van der Waals surface area contributed by atoms with Crippen LogP contribution >= 0.6 is 0 Å². The SMILES string of the molecule is CC(CN(c1ccc(F)cc1)c1cccc(Nc2c(OC(C)(C)C)c(=O)c2=O)c1)c1cccc(F)c1. The molecule has 0 spiro atoms. The molecular weight excluding hydrogens is 462 g/mol. The maximum atomic E-state index is 13.8. The van der Waals surface area contributed by atoms with Crippen molar-refractivity contribution in [2.75, 3.05) is 16.8 Å². The van der Waals surface area contributed by atoms with Gasteiger partial charge in [-0.05, 0) is 86.8 Å². The third kappa shape index (κ3) is 5.62. The van der Waals surface area contributed by atoms with Gasteiger partial charge in [-0.1, -0.05) is 25.1 Å². The van der Waals surface area contributed by atoms with E-state index >= 15 is 0 Å². The largest absolute Gasteiger partial charge is 0.482 e. The molecule has 0 saturated carbocycles. The Bertz CT molecular complexity index is 1430. The number of hydrogen-bond acceptors (Lipinski definition) is 5. The molecule has 1 N–H and O–H groups in total. The van der Waals surface area contributed by atoms with E-state index in [2.05, 4.69) is 5.32 Å². The number of hydrogen-bond donors (Lipinski definition) is 1. The number of halogens is 2. The van der Waals surface area contributed by atoms with E-state index in [1.54, 1.807) is 45.0 Å². The lowest BCUT2D eigenvalue weighted by molar-refractivity contribution is 0.128. The van der Waals surface area contributed by atoms with Gasteiger partial charge in [0, 0.05) is 23.6 Å². The summed E-state index contributed by atoms with van der Waals surface area (Å²) in [6, 6.07) is 19.9. The molecule has 0 aliphatic rings. The van der Waals surface area contributed by atoms with E-state index in [0.717, 1.165) is 16.9 Å². The Hall–Kier alpha value is -4.00. The molecule has 4 rings (SSSR count). The highest BCUT2D eigenvalue weighted by molar-refractivity contribution is 5.74. The van der Waals surface area contributed by atoms with Crippen molar-refractivity contribution in [2.45, 2.75) is 39.2 Å². The summed E-state index contributed by atoms with van der Waals surface area (Å²) in [4.78, 5) is 26.3. The third-order valence-electron chi connectivity index (χ3n) is 5.71. The van der Waals surface area contributed by atoms with Gasteiger partial charge >= 0.3 is 0 Å². The summed E-state index contributed by atoms with van der Waals surface area (Å²) in [5, 5.41) is 3.03. The fourth-order valence-electron chi connectivity index (χ4n) is 3.96. The molecule has 0 heterocycles. The van der Waals surface area contributed by atoms with Gasteiger partial charge in [0.05, 0.1) is 0 Å². The van der Waals surface area contributed by atoms with Crippen molar-refractivity contribution in [1.82, 2.24) is 0 Å². The van der Waals surface area contributed by atoms with Gasteiger partial charge in [0.1, 0.15) is 22.9 Å². The predicted octanol–water partition coefficient (Wildman–Crippen LogP) is 6.42. The van der Waals surface area contributed by atoms with Gasteiger partial charge in [-0.25, -0.2) is 8.78 Å². The Morgan fingerprint density at radius 3 is 2.22 bits per heavy atom. The van der Waals surface area contributed by atoms with Crippen molar-refractivity contribution >= 4 is 22.7 Å². The van der Waals surface area contributed by atoms with Crippen molar-refractivity contribution in [1.29, 1.82) is 0 Å². The minimum atomic E-state index is -0.652. The van der Waals surface area contributed by atoms with Gasteiger partial charge < -0.3 is 15.0 Å². The van der Waals surface area contributed by atoms with Gasteiger partial charge in [0.2, 0.25) is 0 Å². The van der Waals surface area contributed by atoms with Gasteiger partial charge in [-0.2, -0.15) is 0 Å². The molecule has 0 bridgehead atoms. The summed E-state index contributed by atoms with van der Waals surface area (Å²) in [6.07, 6.45) is 0. The first-order chi connectivity index (χ1) is 17.0. The second-order valence-corrected chi connectivity index (χ2v) is 9.80. The number of benzene rings is 3. The van der Waals surface area contributed by atoms with E-state index in [4.69, 9.17) is 4.74 Å². The van der Waals surface area contributed by atoms with Crippen LogP contribution in [0.25, 0.3) is 0 Å². The third-order valence-corrected chi connectivity index (χ3v) is 5.71. The highest BCUT2D eigenvalue weighted by atomic mass is 19.1. The number of nitrogens with one attached hydrogen (secondary N) is 1. The van der Waals surface area contributed by atoms with Crippen LogP contribution in [0, 0.1) is 11.6 Å². The highest BCUT2D eigenvalue weighted by Crippen LogP contribution is 2.33. The van der Waals surface area contributed by atoms with Crippen LogP contribution in [-0.4, -0.2) is 12.1 Å². The zero-order valence-corrected chi connectivity index (χ0v) is 20.6. The first-order valence-electron chi connectivity index (χ1n) is 11.7. The molecule has 1 atom stereocenters. The second kappa shape index (κ2) is 9.93. The first kappa shape index (κ1) is 25.1. The van der Waals surface area contributed by atoms with Crippen LogP contribution < -0.4 is 25.8 Å². The van der Waals surface area contributed by atoms with Crippen molar-refractivity contribution in [3.05, 3.63) is 110 Å². The quantitative estimate of drug-likeness (QED) is 0.289. The molecular formula is C29H28F2N2O3. The van der Waals surface area contributed by atoms with E-state index in [1.165, 1.54) is 24.3 Å². The normalized spacial score (nSPS) is 12.4. The minimum Gasteiger partial charge on any atom is -0.482 e. The van der Waals surface area contributed by atoms with E-state index in [1.807, 2.05) is 36.1 Å². The van der Waals surface area contributed by atoms with Crippen molar-refractivity contribution in [2.24, 2.45) is 0 Å². The van der Waals surface area contributed by atoms with E-state index in [-0.39, 0.29) is 29.0 Å². The van der Waals surface area contributed by atoms with Crippen molar-refractivity contribution < 1.29 is 13.5 Å². The van der Waals surface area contributed by atoms with Crippen molar-refractivity contribution in [3.63, 3.8) is 0 Å². The average molecular weight is 491 g/mol. The summed E-state index contributed by atoms with van der Waals surface area (Å²) in [6.45, 7) is 7.88. The van der Waals surface area contributed by atoms with Crippen LogP contribution in [0.3, 0.4) is 0 Å². The summed E-state index contributed by atoms with van der Waals surface area (Å²) < 4.78 is 33.2. The molecule has 5 nitrogen and oxygen atoms in total. The maximum absolute atomic E-state index is 13.8. The molecule has 186 valence electrons. The zero-order chi connectivity index (χ0) is 26.0. The highest BCUT2D eigenvalue weighted by Gasteiger charge is 2.27. The molecule has 0 fully saturated rings. The molecule has 0 aromatic heterocycles. The Morgan fingerprint density at radius 1 is 0.861 bits per heavy atom. The predicted molar refractivity (Wildman–Crippen MR) is 140 cm³/mol. The van der Waals surface area contributed by atoms with Crippen molar-refractivity contribution in [3.8, 4) is 5.75 Å². The standard InChI is InChI=1S/C29H28F2N2O3/c1-18(19-7-5-8-21(31)15-19)17-33(23-13-11-20(30)12-14-23)24-10-6-9-22(16-24)32-25-26(34)27(35)28(25)36-29(2,3)4/h5-16,18,32H,17H2,1-4H3. The molecule has 4 aromatic rings. The molecule has 0 aliphatic carbocycles. The number of nitrogens with zero attached hydrogens (tertiary/aromatic N) is 1. The Balaban J connectivity index is 1.66. The molecule has 7 heteroatoms. The van der Waals surface area contributed by atoms with Crippen LogP contribution in [0.15, 0.2) is 82.4 Å². The van der Waals surface area contributed by atoms with Crippen LogP contribution in [0.4, 0.5) is 31.5 Å². The molecule has 0 radical (unpaired) electrons. The number of rotatable bonds is 8. The van der Waals surface area contributed by atoms with Crippen LogP contribution in [0.2, 0.25) is 0 Å². The van der Waals surface area contributed by atoms with Gasteiger partial charge in [0.25, 0.3) is 10.9 Å². The Morgan fingerprint density at radius 2 is 1.56 bits per heavy atom. The summed E-state index contributed by atoms with van der Waals surface area (Å²) in [5.41, 5.74) is 1.15. The minimum absolute atomic E-state index is 0.0213. The van der Waals surface area contributed by atoms with Crippen LogP contribution in [-0.2, 0) is 0 Å². The zero-order valence-electron chi connectivity index (χ0n) is 20.6. The van der Waals surface area contributed by atoms with Gasteiger partial charge in [0.15, 0.2) is 5.75 Å². The fraction of sp³-hybridized carbons (Fsp3) is 0.241. The fourth-order valence-corrected chi connectivity index (χ4v) is 3.96. The number of ether oxygens (including phenoxy) is 1. The van der Waals surface area contributed by atoms with E-state index in [9.17, 15) is 18.4 Å². The number of anilines is 4. The van der Waals surface area contributed by atoms with Gasteiger partial charge in [-0.3, -0.25) is 9.59 Å². The topological polar surface area (TPSA) is 58.6 Å². The lowest BCUT2D eigenvalue weighted by Crippen LogP contribution is -2.39. The van der Waals surface area contributed by atoms with Crippen LogP contribution in [0.5, 0.6) is 5.75 Å². The lowest BCUT2D eigenvalue weighted by Gasteiger charge is -2.29. The summed E-state index contributed by atoms with van der Waals surface area (Å²) >= 11 is 0. The summed E-state index contributed by atoms with van der Waals surface area (Å²) in [7, 11) is 0. The lowest BCUT2D eigenvalue weighted by atomic mass is 9.99. The maximum Gasteiger partial charge on any atom is 0.272 e. The van der Waals surface area contributed by atoms with E-state index < -0.39 is 16.5 Å².